The van der Waals surface area contributed by atoms with Crippen LogP contribution in [0.1, 0.15) is 25.7 Å². The molecular formula is C17H19Cl2N7. The molecule has 0 atom stereocenters. The Balaban J connectivity index is 1.61. The summed E-state index contributed by atoms with van der Waals surface area (Å²) in [5, 5.41) is 7.64. The van der Waals surface area contributed by atoms with E-state index in [1.807, 2.05) is 6.07 Å². The number of fused-ring (bicyclic) bond motifs is 1. The fourth-order valence-electron chi connectivity index (χ4n) is 3.14. The Labute approximate surface area is 160 Å². The molecule has 0 amide bonds. The lowest BCUT2D eigenvalue weighted by atomic mass is 9.92. The Bertz CT molecular complexity index is 919. The number of imidazole rings is 1. The van der Waals surface area contributed by atoms with Crippen LogP contribution in [0, 0.1) is 0 Å². The summed E-state index contributed by atoms with van der Waals surface area (Å²) < 4.78 is 0. The number of hydrogen-bond acceptors (Lipinski definition) is 6. The van der Waals surface area contributed by atoms with Gasteiger partial charge in [-0.05, 0) is 43.9 Å². The molecule has 0 aliphatic heterocycles. The first kappa shape index (κ1) is 17.3. The molecule has 136 valence electrons. The van der Waals surface area contributed by atoms with Crippen LogP contribution in [-0.2, 0) is 0 Å². The van der Waals surface area contributed by atoms with Crippen molar-refractivity contribution < 1.29 is 0 Å². The lowest BCUT2D eigenvalue weighted by Gasteiger charge is -2.26. The van der Waals surface area contributed by atoms with Gasteiger partial charge in [0, 0.05) is 17.8 Å². The van der Waals surface area contributed by atoms with E-state index in [4.69, 9.17) is 28.9 Å². The van der Waals surface area contributed by atoms with Crippen LogP contribution >= 0.6 is 23.2 Å². The fraction of sp³-hybridized carbons (Fsp3) is 0.353. The van der Waals surface area contributed by atoms with Crippen molar-refractivity contribution in [1.29, 1.82) is 0 Å². The molecule has 1 fully saturated rings. The van der Waals surface area contributed by atoms with Crippen molar-refractivity contribution in [2.75, 3.05) is 10.6 Å². The minimum Gasteiger partial charge on any atom is -0.351 e. The topological polar surface area (TPSA) is 105 Å². The Morgan fingerprint density at radius 2 is 1.88 bits per heavy atom. The molecular weight excluding hydrogens is 373 g/mol. The number of nitrogens with one attached hydrogen (secondary N) is 3. The zero-order valence-corrected chi connectivity index (χ0v) is 15.5. The highest BCUT2D eigenvalue weighted by atomic mass is 35.5. The first-order valence-electron chi connectivity index (χ1n) is 8.54. The number of anilines is 3. The second-order valence-electron chi connectivity index (χ2n) is 6.51. The third kappa shape index (κ3) is 3.70. The smallest absolute Gasteiger partial charge is 0.227 e. The Hall–Kier alpha value is -2.09. The van der Waals surface area contributed by atoms with E-state index in [-0.39, 0.29) is 0 Å². The third-order valence-corrected chi connectivity index (χ3v) is 5.31. The van der Waals surface area contributed by atoms with Gasteiger partial charge in [0.25, 0.3) is 0 Å². The van der Waals surface area contributed by atoms with E-state index in [2.05, 4.69) is 30.6 Å². The lowest BCUT2D eigenvalue weighted by Crippen LogP contribution is -2.33. The normalized spacial score (nSPS) is 20.3. The Morgan fingerprint density at radius 1 is 1.08 bits per heavy atom. The van der Waals surface area contributed by atoms with Gasteiger partial charge in [-0.15, -0.1) is 0 Å². The number of nitrogens with zero attached hydrogens (tertiary/aromatic N) is 3. The van der Waals surface area contributed by atoms with Gasteiger partial charge in [0.2, 0.25) is 5.95 Å². The van der Waals surface area contributed by atoms with E-state index < -0.39 is 0 Å². The minimum absolute atomic E-state index is 0.302. The number of benzene rings is 1. The zero-order chi connectivity index (χ0) is 18.1. The number of nitrogens with two attached hydrogens (primary N) is 1. The molecule has 0 bridgehead atoms. The van der Waals surface area contributed by atoms with Crippen molar-refractivity contribution in [1.82, 2.24) is 19.9 Å². The average Bonchev–Trinajstić information content (AvgIpc) is 3.09. The molecule has 3 aromatic rings. The van der Waals surface area contributed by atoms with Crippen molar-refractivity contribution >= 4 is 51.8 Å². The van der Waals surface area contributed by atoms with Gasteiger partial charge in [-0.25, -0.2) is 4.98 Å². The van der Waals surface area contributed by atoms with Gasteiger partial charge < -0.3 is 21.4 Å². The molecule has 1 saturated carbocycles. The predicted octanol–water partition coefficient (Wildman–Crippen LogP) is 4.09. The fourth-order valence-corrected chi connectivity index (χ4v) is 3.44. The second kappa shape index (κ2) is 7.26. The van der Waals surface area contributed by atoms with E-state index in [0.29, 0.717) is 45.1 Å². The van der Waals surface area contributed by atoms with Crippen LogP contribution in [0.2, 0.25) is 10.0 Å². The monoisotopic (exact) mass is 391 g/mol. The van der Waals surface area contributed by atoms with Gasteiger partial charge >= 0.3 is 0 Å². The molecule has 0 unspecified atom stereocenters. The number of aromatic amines is 1. The summed E-state index contributed by atoms with van der Waals surface area (Å²) in [4.78, 5) is 16.5. The number of halogens is 2. The molecule has 1 aromatic carbocycles. The van der Waals surface area contributed by atoms with Crippen LogP contribution in [-0.4, -0.2) is 32.0 Å². The highest BCUT2D eigenvalue weighted by molar-refractivity contribution is 6.42. The van der Waals surface area contributed by atoms with Crippen LogP contribution in [0.4, 0.5) is 17.5 Å². The summed E-state index contributed by atoms with van der Waals surface area (Å²) in [6, 6.07) is 5.95. The molecule has 0 radical (unpaired) electrons. The molecule has 1 aliphatic rings. The number of H-pyrrole nitrogens is 1. The molecule has 26 heavy (non-hydrogen) atoms. The van der Waals surface area contributed by atoms with E-state index in [1.165, 1.54) is 0 Å². The lowest BCUT2D eigenvalue weighted by molar-refractivity contribution is 0.410. The van der Waals surface area contributed by atoms with Crippen molar-refractivity contribution in [2.45, 2.75) is 37.8 Å². The van der Waals surface area contributed by atoms with E-state index in [9.17, 15) is 0 Å². The molecule has 0 spiro atoms. The van der Waals surface area contributed by atoms with Crippen molar-refractivity contribution in [3.8, 4) is 0 Å². The summed E-state index contributed by atoms with van der Waals surface area (Å²) in [5.41, 5.74) is 8.08. The molecule has 0 saturated heterocycles. The highest BCUT2D eigenvalue weighted by Crippen LogP contribution is 2.29. The van der Waals surface area contributed by atoms with E-state index >= 15 is 0 Å². The summed E-state index contributed by atoms with van der Waals surface area (Å²) in [6.07, 6.45) is 5.65. The summed E-state index contributed by atoms with van der Waals surface area (Å²) in [7, 11) is 0. The third-order valence-electron chi connectivity index (χ3n) is 4.57. The molecule has 4 rings (SSSR count). The van der Waals surface area contributed by atoms with E-state index in [1.54, 1.807) is 18.5 Å². The summed E-state index contributed by atoms with van der Waals surface area (Å²) in [5.74, 6) is 1.16. The van der Waals surface area contributed by atoms with Gasteiger partial charge in [-0.3, -0.25) is 0 Å². The largest absolute Gasteiger partial charge is 0.351 e. The van der Waals surface area contributed by atoms with Gasteiger partial charge in [0.05, 0.1) is 16.4 Å². The van der Waals surface area contributed by atoms with Crippen LogP contribution in [0.15, 0.2) is 24.5 Å². The van der Waals surface area contributed by atoms with Gasteiger partial charge in [0.1, 0.15) is 0 Å². The second-order valence-corrected chi connectivity index (χ2v) is 7.32. The zero-order valence-electron chi connectivity index (χ0n) is 14.0. The van der Waals surface area contributed by atoms with Crippen LogP contribution in [0.3, 0.4) is 0 Å². The van der Waals surface area contributed by atoms with Gasteiger partial charge in [-0.1, -0.05) is 23.2 Å². The first-order chi connectivity index (χ1) is 12.6. The quantitative estimate of drug-likeness (QED) is 0.533. The molecule has 2 aromatic heterocycles. The van der Waals surface area contributed by atoms with Gasteiger partial charge in [-0.2, -0.15) is 9.97 Å². The predicted molar refractivity (Wildman–Crippen MR) is 105 cm³/mol. The SMILES string of the molecule is N[C@H]1CC[C@H](Nc2nc(Nc3ccc(Cl)c(Cl)c3)c3nc[nH]c3n2)CC1. The van der Waals surface area contributed by atoms with Crippen LogP contribution in [0.25, 0.3) is 11.2 Å². The average molecular weight is 392 g/mol. The summed E-state index contributed by atoms with van der Waals surface area (Å²) in [6.45, 7) is 0. The number of aromatic nitrogens is 4. The maximum Gasteiger partial charge on any atom is 0.227 e. The Kier molecular flexibility index (Phi) is 4.84. The molecule has 9 heteroatoms. The standard InChI is InChI=1S/C17H19Cl2N7/c18-12-6-5-11(7-13(12)19)23-16-14-15(22-8-21-14)25-17(26-16)24-10-3-1-9(20)2-4-10/h5-10H,1-4,20H2,(H3,21,22,23,24,25,26)/t9-,10-. The molecule has 7 nitrogen and oxygen atoms in total. The van der Waals surface area contributed by atoms with E-state index in [0.717, 1.165) is 31.4 Å². The van der Waals surface area contributed by atoms with Gasteiger partial charge in [0.15, 0.2) is 17.0 Å². The van der Waals surface area contributed by atoms with Crippen LogP contribution < -0.4 is 16.4 Å². The Morgan fingerprint density at radius 3 is 2.65 bits per heavy atom. The highest BCUT2D eigenvalue weighted by Gasteiger charge is 2.20. The summed E-state index contributed by atoms with van der Waals surface area (Å²) >= 11 is 12.1. The molecule has 1 aliphatic carbocycles. The number of rotatable bonds is 4. The van der Waals surface area contributed by atoms with Crippen molar-refractivity contribution in [3.05, 3.63) is 34.6 Å². The molecule has 5 N–H and O–H groups in total. The minimum atomic E-state index is 0.302. The molecule has 2 heterocycles. The van der Waals surface area contributed by atoms with Crippen LogP contribution in [0.5, 0.6) is 0 Å². The van der Waals surface area contributed by atoms with Crippen molar-refractivity contribution in [3.63, 3.8) is 0 Å². The van der Waals surface area contributed by atoms with Crippen molar-refractivity contribution in [2.24, 2.45) is 5.73 Å². The first-order valence-corrected chi connectivity index (χ1v) is 9.29. The number of hydrogen-bond donors (Lipinski definition) is 4. The maximum absolute atomic E-state index is 6.10. The maximum atomic E-state index is 6.10.